The maximum Gasteiger partial charge on any atom is 0.243 e. The largest absolute Gasteiger partial charge is 0.316 e. The van der Waals surface area contributed by atoms with E-state index in [9.17, 15) is 12.8 Å². The summed E-state index contributed by atoms with van der Waals surface area (Å²) < 4.78 is 40.1. The van der Waals surface area contributed by atoms with Gasteiger partial charge < -0.3 is 5.32 Å². The standard InChI is InChI=1S/C13H19FN2O2S/c1-10-2-3-12(14)13(8-10)19(17,18)16-7-5-11-4-6-15-9-11/h2-3,8,11,15-16H,4-7,9H2,1H3/t11-/m1/s1. The lowest BCUT2D eigenvalue weighted by Crippen LogP contribution is -2.27. The first-order chi connectivity index (χ1) is 8.99. The molecule has 0 aliphatic carbocycles. The van der Waals surface area contributed by atoms with E-state index in [0.717, 1.165) is 31.5 Å². The topological polar surface area (TPSA) is 58.2 Å². The van der Waals surface area contributed by atoms with Gasteiger partial charge in [-0.25, -0.2) is 17.5 Å². The van der Waals surface area contributed by atoms with Crippen LogP contribution in [-0.4, -0.2) is 28.1 Å². The molecule has 1 aromatic carbocycles. The third kappa shape index (κ3) is 3.75. The van der Waals surface area contributed by atoms with Gasteiger partial charge in [0.1, 0.15) is 10.7 Å². The van der Waals surface area contributed by atoms with Crippen LogP contribution in [0.25, 0.3) is 0 Å². The van der Waals surface area contributed by atoms with Crippen molar-refractivity contribution in [1.82, 2.24) is 10.0 Å². The molecule has 4 nitrogen and oxygen atoms in total. The van der Waals surface area contributed by atoms with Crippen molar-refractivity contribution >= 4 is 10.0 Å². The second-order valence-corrected chi connectivity index (χ2v) is 6.71. The van der Waals surface area contributed by atoms with Crippen LogP contribution in [0.5, 0.6) is 0 Å². The van der Waals surface area contributed by atoms with Gasteiger partial charge in [-0.2, -0.15) is 0 Å². The highest BCUT2D eigenvalue weighted by atomic mass is 32.2. The van der Waals surface area contributed by atoms with E-state index in [4.69, 9.17) is 0 Å². The van der Waals surface area contributed by atoms with E-state index >= 15 is 0 Å². The molecule has 1 fully saturated rings. The molecule has 1 aromatic rings. The van der Waals surface area contributed by atoms with Crippen molar-refractivity contribution in [2.75, 3.05) is 19.6 Å². The minimum Gasteiger partial charge on any atom is -0.316 e. The summed E-state index contributed by atoms with van der Waals surface area (Å²) in [5, 5.41) is 3.23. The minimum absolute atomic E-state index is 0.267. The summed E-state index contributed by atoms with van der Waals surface area (Å²) in [6.07, 6.45) is 1.85. The Balaban J connectivity index is 1.99. The second kappa shape index (κ2) is 5.98. The second-order valence-electron chi connectivity index (χ2n) is 4.98. The Morgan fingerprint density at radius 1 is 1.47 bits per heavy atom. The first-order valence-corrected chi connectivity index (χ1v) is 7.94. The quantitative estimate of drug-likeness (QED) is 0.860. The third-order valence-electron chi connectivity index (χ3n) is 3.38. The number of benzene rings is 1. The molecule has 1 aliphatic rings. The molecular weight excluding hydrogens is 267 g/mol. The van der Waals surface area contributed by atoms with Crippen molar-refractivity contribution in [2.45, 2.75) is 24.7 Å². The molecule has 106 valence electrons. The molecule has 0 radical (unpaired) electrons. The van der Waals surface area contributed by atoms with E-state index in [0.29, 0.717) is 12.5 Å². The highest BCUT2D eigenvalue weighted by Crippen LogP contribution is 2.16. The number of sulfonamides is 1. The zero-order valence-corrected chi connectivity index (χ0v) is 11.8. The summed E-state index contributed by atoms with van der Waals surface area (Å²) in [6.45, 7) is 4.01. The smallest absolute Gasteiger partial charge is 0.243 e. The van der Waals surface area contributed by atoms with Crippen LogP contribution < -0.4 is 10.0 Å². The van der Waals surface area contributed by atoms with Crippen LogP contribution in [0.3, 0.4) is 0 Å². The molecule has 6 heteroatoms. The lowest BCUT2D eigenvalue weighted by atomic mass is 10.1. The fourth-order valence-electron chi connectivity index (χ4n) is 2.25. The zero-order chi connectivity index (χ0) is 13.9. The molecule has 2 rings (SSSR count). The summed E-state index contributed by atoms with van der Waals surface area (Å²) in [5.41, 5.74) is 0.724. The summed E-state index contributed by atoms with van der Waals surface area (Å²) in [5.74, 6) is -0.203. The molecule has 0 spiro atoms. The number of hydrogen-bond donors (Lipinski definition) is 2. The van der Waals surface area contributed by atoms with E-state index in [-0.39, 0.29) is 4.90 Å². The number of rotatable bonds is 5. The van der Waals surface area contributed by atoms with Crippen LogP contribution in [0, 0.1) is 18.7 Å². The van der Waals surface area contributed by atoms with Gasteiger partial charge in [0.25, 0.3) is 0 Å². The van der Waals surface area contributed by atoms with Gasteiger partial charge in [-0.1, -0.05) is 6.07 Å². The molecule has 1 saturated heterocycles. The number of halogens is 1. The van der Waals surface area contributed by atoms with Crippen molar-refractivity contribution in [3.8, 4) is 0 Å². The molecule has 19 heavy (non-hydrogen) atoms. The molecular formula is C13H19FN2O2S. The SMILES string of the molecule is Cc1ccc(F)c(S(=O)(=O)NCC[C@H]2CCNC2)c1. The van der Waals surface area contributed by atoms with Crippen LogP contribution in [0.15, 0.2) is 23.1 Å². The van der Waals surface area contributed by atoms with Crippen LogP contribution in [0.1, 0.15) is 18.4 Å². The van der Waals surface area contributed by atoms with Crippen molar-refractivity contribution in [1.29, 1.82) is 0 Å². The van der Waals surface area contributed by atoms with Crippen LogP contribution in [0.2, 0.25) is 0 Å². The highest BCUT2D eigenvalue weighted by molar-refractivity contribution is 7.89. The van der Waals surface area contributed by atoms with E-state index in [1.165, 1.54) is 12.1 Å². The molecule has 1 atom stereocenters. The summed E-state index contributed by atoms with van der Waals surface area (Å²) >= 11 is 0. The van der Waals surface area contributed by atoms with Crippen LogP contribution in [0.4, 0.5) is 4.39 Å². The Morgan fingerprint density at radius 2 is 2.26 bits per heavy atom. The molecule has 0 aromatic heterocycles. The lowest BCUT2D eigenvalue weighted by molar-refractivity contribution is 0.515. The minimum atomic E-state index is -3.75. The van der Waals surface area contributed by atoms with Gasteiger partial charge in [0, 0.05) is 6.54 Å². The Morgan fingerprint density at radius 3 is 2.95 bits per heavy atom. The fourth-order valence-corrected chi connectivity index (χ4v) is 3.46. The lowest BCUT2D eigenvalue weighted by Gasteiger charge is -2.11. The maximum atomic E-state index is 13.6. The Bertz CT molecular complexity index is 540. The van der Waals surface area contributed by atoms with E-state index in [1.54, 1.807) is 13.0 Å². The number of nitrogens with one attached hydrogen (secondary N) is 2. The van der Waals surface area contributed by atoms with Crippen molar-refractivity contribution in [2.24, 2.45) is 5.92 Å². The monoisotopic (exact) mass is 286 g/mol. The van der Waals surface area contributed by atoms with Gasteiger partial charge in [0.05, 0.1) is 0 Å². The molecule has 1 aliphatic heterocycles. The van der Waals surface area contributed by atoms with Crippen molar-refractivity contribution in [3.05, 3.63) is 29.6 Å². The Labute approximate surface area is 113 Å². The normalized spacial score (nSPS) is 19.8. The molecule has 0 bridgehead atoms. The van der Waals surface area contributed by atoms with Crippen LogP contribution >= 0.6 is 0 Å². The van der Waals surface area contributed by atoms with Gasteiger partial charge in [-0.3, -0.25) is 0 Å². The highest BCUT2D eigenvalue weighted by Gasteiger charge is 2.20. The summed E-state index contributed by atoms with van der Waals surface area (Å²) in [7, 11) is -3.75. The zero-order valence-electron chi connectivity index (χ0n) is 10.9. The van der Waals surface area contributed by atoms with E-state index in [1.807, 2.05) is 0 Å². The van der Waals surface area contributed by atoms with Crippen molar-refractivity contribution < 1.29 is 12.8 Å². The van der Waals surface area contributed by atoms with Gasteiger partial charge in [-0.15, -0.1) is 0 Å². The number of hydrogen-bond acceptors (Lipinski definition) is 3. The predicted octanol–water partition coefficient (Wildman–Crippen LogP) is 1.41. The van der Waals surface area contributed by atoms with Gasteiger partial charge in [0.15, 0.2) is 0 Å². The Hall–Kier alpha value is -0.980. The molecule has 0 saturated carbocycles. The first kappa shape index (κ1) is 14.4. The van der Waals surface area contributed by atoms with Crippen molar-refractivity contribution in [3.63, 3.8) is 0 Å². The van der Waals surface area contributed by atoms with Gasteiger partial charge >= 0.3 is 0 Å². The third-order valence-corrected chi connectivity index (χ3v) is 4.86. The fraction of sp³-hybridized carbons (Fsp3) is 0.538. The average Bonchev–Trinajstić information content (AvgIpc) is 2.85. The summed E-state index contributed by atoms with van der Waals surface area (Å²) in [6, 6.07) is 4.10. The average molecular weight is 286 g/mol. The molecule has 0 unspecified atom stereocenters. The van der Waals surface area contributed by atoms with E-state index < -0.39 is 15.8 Å². The van der Waals surface area contributed by atoms with Crippen LogP contribution in [-0.2, 0) is 10.0 Å². The molecule has 0 amide bonds. The first-order valence-electron chi connectivity index (χ1n) is 6.45. The number of aryl methyl sites for hydroxylation is 1. The Kier molecular flexibility index (Phi) is 4.54. The van der Waals surface area contributed by atoms with E-state index in [2.05, 4.69) is 10.0 Å². The predicted molar refractivity (Wildman–Crippen MR) is 71.9 cm³/mol. The summed E-state index contributed by atoms with van der Waals surface area (Å²) in [4.78, 5) is -0.267. The van der Waals surface area contributed by atoms with Gasteiger partial charge in [-0.05, 0) is 56.5 Å². The molecule has 2 N–H and O–H groups in total. The molecule has 1 heterocycles. The van der Waals surface area contributed by atoms with Gasteiger partial charge in [0.2, 0.25) is 10.0 Å². The maximum absolute atomic E-state index is 13.6.